The van der Waals surface area contributed by atoms with Crippen molar-refractivity contribution in [2.75, 3.05) is 6.54 Å². The molecular weight excluding hydrogens is 258 g/mol. The minimum atomic E-state index is 0.307. The Morgan fingerprint density at radius 1 is 1.24 bits per heavy atom. The van der Waals surface area contributed by atoms with Gasteiger partial charge in [-0.15, -0.1) is 0 Å². The molecule has 1 aromatic heterocycles. The van der Waals surface area contributed by atoms with E-state index in [0.29, 0.717) is 11.3 Å². The lowest BCUT2D eigenvalue weighted by molar-refractivity contribution is 0.237. The highest BCUT2D eigenvalue weighted by Gasteiger charge is 2.22. The maximum absolute atomic E-state index is 4.80. The van der Waals surface area contributed by atoms with Crippen molar-refractivity contribution >= 4 is 11.0 Å². The van der Waals surface area contributed by atoms with Crippen molar-refractivity contribution in [3.8, 4) is 0 Å². The van der Waals surface area contributed by atoms with Gasteiger partial charge in [0.25, 0.3) is 0 Å². The summed E-state index contributed by atoms with van der Waals surface area (Å²) < 4.78 is 2.35. The van der Waals surface area contributed by atoms with Crippen LogP contribution in [0.5, 0.6) is 0 Å². The Hall–Kier alpha value is -1.35. The minimum Gasteiger partial charge on any atom is -0.327 e. The Kier molecular flexibility index (Phi) is 5.04. The van der Waals surface area contributed by atoms with Crippen molar-refractivity contribution in [3.63, 3.8) is 0 Å². The van der Waals surface area contributed by atoms with E-state index >= 15 is 0 Å². The van der Waals surface area contributed by atoms with Gasteiger partial charge in [0.2, 0.25) is 0 Å². The molecule has 1 heterocycles. The molecule has 1 aromatic carbocycles. The van der Waals surface area contributed by atoms with Gasteiger partial charge in [-0.05, 0) is 29.9 Å². The van der Waals surface area contributed by atoms with Crippen molar-refractivity contribution in [1.82, 2.24) is 14.9 Å². The zero-order chi connectivity index (χ0) is 15.5. The topological polar surface area (TPSA) is 29.9 Å². The van der Waals surface area contributed by atoms with Gasteiger partial charge in [0.1, 0.15) is 5.82 Å². The van der Waals surface area contributed by atoms with Gasteiger partial charge >= 0.3 is 0 Å². The Balaban J connectivity index is 2.13. The number of hydrogen-bond donors (Lipinski definition) is 1. The molecule has 21 heavy (non-hydrogen) atoms. The molecule has 0 aliphatic heterocycles. The summed E-state index contributed by atoms with van der Waals surface area (Å²) in [4.78, 5) is 4.80. The van der Waals surface area contributed by atoms with Gasteiger partial charge in [0, 0.05) is 13.1 Å². The van der Waals surface area contributed by atoms with Crippen molar-refractivity contribution in [1.29, 1.82) is 0 Å². The first-order chi connectivity index (χ1) is 9.95. The van der Waals surface area contributed by atoms with Crippen LogP contribution >= 0.6 is 0 Å². The summed E-state index contributed by atoms with van der Waals surface area (Å²) in [5, 5.41) is 3.60. The predicted molar refractivity (Wildman–Crippen MR) is 90.3 cm³/mol. The predicted octanol–water partition coefficient (Wildman–Crippen LogP) is 4.22. The number of aromatic nitrogens is 2. The fourth-order valence-corrected chi connectivity index (χ4v) is 2.43. The van der Waals surface area contributed by atoms with Gasteiger partial charge < -0.3 is 9.88 Å². The number of fused-ring (bicyclic) bond motifs is 1. The molecule has 0 saturated carbocycles. The Morgan fingerprint density at radius 2 is 1.95 bits per heavy atom. The van der Waals surface area contributed by atoms with E-state index in [2.05, 4.69) is 68.8 Å². The standard InChI is InChI=1S/C18H29N3/c1-6-11-21-16-10-8-7-9-15(16)20-17(21)12-19-13-18(4,5)14(2)3/h7-10,14,19H,6,11-13H2,1-5H3. The van der Waals surface area contributed by atoms with Crippen LogP contribution in [0.4, 0.5) is 0 Å². The van der Waals surface area contributed by atoms with Crippen LogP contribution in [-0.2, 0) is 13.1 Å². The molecule has 2 aromatic rings. The van der Waals surface area contributed by atoms with E-state index in [4.69, 9.17) is 4.98 Å². The molecule has 0 unspecified atom stereocenters. The molecule has 0 amide bonds. The first kappa shape index (κ1) is 16.0. The van der Waals surface area contributed by atoms with Crippen LogP contribution in [0, 0.1) is 11.3 Å². The second-order valence-electron chi connectivity index (χ2n) is 6.92. The van der Waals surface area contributed by atoms with Crippen molar-refractivity contribution in [2.24, 2.45) is 11.3 Å². The van der Waals surface area contributed by atoms with Crippen LogP contribution in [0.25, 0.3) is 11.0 Å². The smallest absolute Gasteiger partial charge is 0.123 e. The van der Waals surface area contributed by atoms with Crippen molar-refractivity contribution < 1.29 is 0 Å². The molecule has 0 spiro atoms. The minimum absolute atomic E-state index is 0.307. The number of nitrogens with one attached hydrogen (secondary N) is 1. The summed E-state index contributed by atoms with van der Waals surface area (Å²) in [6, 6.07) is 8.42. The average Bonchev–Trinajstić information content (AvgIpc) is 2.77. The summed E-state index contributed by atoms with van der Waals surface area (Å²) in [5.41, 5.74) is 2.66. The number of nitrogens with zero attached hydrogens (tertiary/aromatic N) is 2. The zero-order valence-corrected chi connectivity index (χ0v) is 14.1. The molecule has 1 N–H and O–H groups in total. The van der Waals surface area contributed by atoms with Crippen LogP contribution in [0.3, 0.4) is 0 Å². The van der Waals surface area contributed by atoms with Gasteiger partial charge in [0.15, 0.2) is 0 Å². The SMILES string of the molecule is CCCn1c(CNCC(C)(C)C(C)C)nc2ccccc21. The van der Waals surface area contributed by atoms with E-state index in [1.807, 2.05) is 0 Å². The van der Waals surface area contributed by atoms with E-state index in [1.54, 1.807) is 0 Å². The molecule has 0 fully saturated rings. The lowest BCUT2D eigenvalue weighted by Gasteiger charge is -2.29. The molecule has 0 aliphatic rings. The van der Waals surface area contributed by atoms with Gasteiger partial charge in [-0.3, -0.25) is 0 Å². The number of rotatable bonds is 7. The molecular formula is C18H29N3. The molecule has 0 saturated heterocycles. The summed E-state index contributed by atoms with van der Waals surface area (Å²) in [7, 11) is 0. The Labute approximate surface area is 128 Å². The Bertz CT molecular complexity index is 581. The van der Waals surface area contributed by atoms with Crippen molar-refractivity contribution in [3.05, 3.63) is 30.1 Å². The third-order valence-electron chi connectivity index (χ3n) is 4.61. The first-order valence-electron chi connectivity index (χ1n) is 8.10. The maximum atomic E-state index is 4.80. The second kappa shape index (κ2) is 6.61. The normalized spacial score (nSPS) is 12.5. The number of imidazole rings is 1. The van der Waals surface area contributed by atoms with Crippen LogP contribution < -0.4 is 5.32 Å². The van der Waals surface area contributed by atoms with Gasteiger partial charge in [-0.1, -0.05) is 46.8 Å². The highest BCUT2D eigenvalue weighted by atomic mass is 15.1. The fraction of sp³-hybridized carbons (Fsp3) is 0.611. The van der Waals surface area contributed by atoms with E-state index in [9.17, 15) is 0 Å². The largest absolute Gasteiger partial charge is 0.327 e. The molecule has 0 bridgehead atoms. The molecule has 3 heteroatoms. The highest BCUT2D eigenvalue weighted by Crippen LogP contribution is 2.25. The van der Waals surface area contributed by atoms with Gasteiger partial charge in [-0.2, -0.15) is 0 Å². The molecule has 0 aliphatic carbocycles. The fourth-order valence-electron chi connectivity index (χ4n) is 2.43. The average molecular weight is 287 g/mol. The highest BCUT2D eigenvalue weighted by molar-refractivity contribution is 5.75. The van der Waals surface area contributed by atoms with Crippen molar-refractivity contribution in [2.45, 2.75) is 54.1 Å². The molecule has 2 rings (SSSR count). The third kappa shape index (κ3) is 3.65. The number of aryl methyl sites for hydroxylation is 1. The maximum Gasteiger partial charge on any atom is 0.123 e. The number of benzene rings is 1. The first-order valence-corrected chi connectivity index (χ1v) is 8.10. The Morgan fingerprint density at radius 3 is 2.62 bits per heavy atom. The lowest BCUT2D eigenvalue weighted by Crippen LogP contribution is -2.33. The van der Waals surface area contributed by atoms with Gasteiger partial charge in [-0.25, -0.2) is 4.98 Å². The lowest BCUT2D eigenvalue weighted by atomic mass is 9.81. The summed E-state index contributed by atoms with van der Waals surface area (Å²) >= 11 is 0. The monoisotopic (exact) mass is 287 g/mol. The summed E-state index contributed by atoms with van der Waals surface area (Å²) in [6.45, 7) is 14.3. The second-order valence-corrected chi connectivity index (χ2v) is 6.92. The van der Waals surface area contributed by atoms with Crippen LogP contribution in [0.2, 0.25) is 0 Å². The molecule has 116 valence electrons. The van der Waals surface area contributed by atoms with E-state index in [0.717, 1.165) is 37.4 Å². The summed E-state index contributed by atoms with van der Waals surface area (Å²) in [6.07, 6.45) is 1.13. The quantitative estimate of drug-likeness (QED) is 0.826. The number of hydrogen-bond acceptors (Lipinski definition) is 2. The third-order valence-corrected chi connectivity index (χ3v) is 4.61. The van der Waals surface area contributed by atoms with Gasteiger partial charge in [0.05, 0.1) is 17.6 Å². The van der Waals surface area contributed by atoms with Crippen LogP contribution in [0.15, 0.2) is 24.3 Å². The molecule has 0 atom stereocenters. The van der Waals surface area contributed by atoms with Crippen LogP contribution in [0.1, 0.15) is 46.9 Å². The van der Waals surface area contributed by atoms with E-state index in [-0.39, 0.29) is 0 Å². The van der Waals surface area contributed by atoms with E-state index < -0.39 is 0 Å². The molecule has 0 radical (unpaired) electrons. The molecule has 3 nitrogen and oxygen atoms in total. The summed E-state index contributed by atoms with van der Waals surface area (Å²) in [5.74, 6) is 1.82. The van der Waals surface area contributed by atoms with Crippen LogP contribution in [-0.4, -0.2) is 16.1 Å². The zero-order valence-electron chi connectivity index (χ0n) is 14.1. The van der Waals surface area contributed by atoms with E-state index in [1.165, 1.54) is 5.52 Å². The number of para-hydroxylation sites is 2.